The minimum Gasteiger partial charge on any atom is -0.379 e. The summed E-state index contributed by atoms with van der Waals surface area (Å²) in [5.74, 6) is 1.61. The van der Waals surface area contributed by atoms with Gasteiger partial charge in [-0.1, -0.05) is 13.8 Å². The summed E-state index contributed by atoms with van der Waals surface area (Å²) in [6, 6.07) is 0. The Morgan fingerprint density at radius 1 is 1.42 bits per heavy atom. The first-order valence-electron chi connectivity index (χ1n) is 5.01. The van der Waals surface area contributed by atoms with Crippen LogP contribution in [0.4, 0.5) is 0 Å². The molecule has 2 atom stereocenters. The van der Waals surface area contributed by atoms with E-state index in [-0.39, 0.29) is 6.23 Å². The minimum atomic E-state index is -0.248. The van der Waals surface area contributed by atoms with Crippen LogP contribution in [0.2, 0.25) is 0 Å². The molecule has 12 heavy (non-hydrogen) atoms. The SMILES string of the molecule is CC(C)C[C@@H]1CCN(C(C)O)C1. The van der Waals surface area contributed by atoms with Gasteiger partial charge in [0.1, 0.15) is 6.23 Å². The van der Waals surface area contributed by atoms with Crippen molar-refractivity contribution in [2.75, 3.05) is 13.1 Å². The quantitative estimate of drug-likeness (QED) is 0.698. The van der Waals surface area contributed by atoms with Crippen LogP contribution in [-0.4, -0.2) is 29.3 Å². The molecule has 1 aliphatic rings. The molecule has 2 nitrogen and oxygen atoms in total. The van der Waals surface area contributed by atoms with E-state index in [1.807, 2.05) is 6.92 Å². The Labute approximate surface area is 75.6 Å². The average Bonchev–Trinajstić information content (AvgIpc) is 2.34. The van der Waals surface area contributed by atoms with E-state index in [1.54, 1.807) is 0 Å². The van der Waals surface area contributed by atoms with Crippen LogP contribution in [0.5, 0.6) is 0 Å². The standard InChI is InChI=1S/C10H21NO/c1-8(2)6-10-4-5-11(7-10)9(3)12/h8-10,12H,4-7H2,1-3H3/t9?,10-/m0/s1. The van der Waals surface area contributed by atoms with Crippen LogP contribution < -0.4 is 0 Å². The van der Waals surface area contributed by atoms with Crippen molar-refractivity contribution in [2.45, 2.75) is 39.8 Å². The van der Waals surface area contributed by atoms with Gasteiger partial charge in [-0.15, -0.1) is 0 Å². The number of likely N-dealkylation sites (tertiary alicyclic amines) is 1. The molecule has 2 heteroatoms. The summed E-state index contributed by atoms with van der Waals surface area (Å²) in [6.45, 7) is 8.57. The zero-order chi connectivity index (χ0) is 9.14. The highest BCUT2D eigenvalue weighted by Gasteiger charge is 2.25. The van der Waals surface area contributed by atoms with Crippen LogP contribution in [0.3, 0.4) is 0 Å². The second-order valence-electron chi connectivity index (χ2n) is 4.41. The van der Waals surface area contributed by atoms with Gasteiger partial charge in [0.2, 0.25) is 0 Å². The van der Waals surface area contributed by atoms with Gasteiger partial charge >= 0.3 is 0 Å². The Hall–Kier alpha value is -0.0800. The van der Waals surface area contributed by atoms with Gasteiger partial charge in [0, 0.05) is 13.1 Å². The molecule has 1 fully saturated rings. The topological polar surface area (TPSA) is 23.5 Å². The molecular weight excluding hydrogens is 150 g/mol. The second kappa shape index (κ2) is 4.24. The highest BCUT2D eigenvalue weighted by Crippen LogP contribution is 2.23. The fourth-order valence-corrected chi connectivity index (χ4v) is 2.06. The number of rotatable bonds is 3. The lowest BCUT2D eigenvalue weighted by molar-refractivity contribution is 0.0334. The summed E-state index contributed by atoms with van der Waals surface area (Å²) in [4.78, 5) is 2.16. The molecule has 1 unspecified atom stereocenters. The molecule has 0 aromatic heterocycles. The molecule has 1 saturated heterocycles. The number of aliphatic hydroxyl groups is 1. The molecule has 1 N–H and O–H groups in total. The Balaban J connectivity index is 2.26. The van der Waals surface area contributed by atoms with Crippen molar-refractivity contribution in [3.8, 4) is 0 Å². The molecule has 0 bridgehead atoms. The molecule has 0 radical (unpaired) electrons. The molecule has 0 spiro atoms. The predicted molar refractivity (Wildman–Crippen MR) is 50.8 cm³/mol. The van der Waals surface area contributed by atoms with Crippen LogP contribution in [0.1, 0.15) is 33.6 Å². The summed E-state index contributed by atoms with van der Waals surface area (Å²) in [6.07, 6.45) is 2.33. The van der Waals surface area contributed by atoms with Gasteiger partial charge in [0.15, 0.2) is 0 Å². The first-order chi connectivity index (χ1) is 5.59. The molecule has 1 rings (SSSR count). The minimum absolute atomic E-state index is 0.248. The van der Waals surface area contributed by atoms with Crippen molar-refractivity contribution in [1.82, 2.24) is 4.90 Å². The van der Waals surface area contributed by atoms with Crippen molar-refractivity contribution >= 4 is 0 Å². The maximum atomic E-state index is 9.33. The van der Waals surface area contributed by atoms with Crippen LogP contribution in [-0.2, 0) is 0 Å². The molecule has 0 saturated carbocycles. The Kier molecular flexibility index (Phi) is 3.53. The van der Waals surface area contributed by atoms with E-state index in [4.69, 9.17) is 0 Å². The van der Waals surface area contributed by atoms with Gasteiger partial charge in [-0.2, -0.15) is 0 Å². The summed E-state index contributed by atoms with van der Waals surface area (Å²) >= 11 is 0. The first kappa shape index (κ1) is 10.0. The molecule has 72 valence electrons. The van der Waals surface area contributed by atoms with Crippen LogP contribution >= 0.6 is 0 Å². The molecule has 0 aliphatic carbocycles. The number of hydrogen-bond acceptors (Lipinski definition) is 2. The average molecular weight is 171 g/mol. The fourth-order valence-electron chi connectivity index (χ4n) is 2.06. The number of hydrogen-bond donors (Lipinski definition) is 1. The van der Waals surface area contributed by atoms with E-state index in [0.29, 0.717) is 0 Å². The lowest BCUT2D eigenvalue weighted by atomic mass is 9.97. The summed E-state index contributed by atoms with van der Waals surface area (Å²) in [7, 11) is 0. The van der Waals surface area contributed by atoms with Crippen LogP contribution in [0.25, 0.3) is 0 Å². The molecular formula is C10H21NO. The smallest absolute Gasteiger partial charge is 0.104 e. The van der Waals surface area contributed by atoms with E-state index in [1.165, 1.54) is 12.8 Å². The molecule has 1 heterocycles. The van der Waals surface area contributed by atoms with E-state index >= 15 is 0 Å². The predicted octanol–water partition coefficient (Wildman–Crippen LogP) is 1.69. The highest BCUT2D eigenvalue weighted by molar-refractivity contribution is 4.76. The second-order valence-corrected chi connectivity index (χ2v) is 4.41. The third-order valence-electron chi connectivity index (χ3n) is 2.65. The first-order valence-corrected chi connectivity index (χ1v) is 5.01. The van der Waals surface area contributed by atoms with Gasteiger partial charge in [-0.3, -0.25) is 4.90 Å². The molecule has 1 aliphatic heterocycles. The molecule has 0 aromatic rings. The lowest BCUT2D eigenvalue weighted by Gasteiger charge is -2.19. The van der Waals surface area contributed by atoms with E-state index < -0.39 is 0 Å². The van der Waals surface area contributed by atoms with E-state index in [9.17, 15) is 5.11 Å². The third-order valence-corrected chi connectivity index (χ3v) is 2.65. The maximum Gasteiger partial charge on any atom is 0.104 e. The van der Waals surface area contributed by atoms with Crippen molar-refractivity contribution in [3.63, 3.8) is 0 Å². The van der Waals surface area contributed by atoms with Gasteiger partial charge in [-0.05, 0) is 31.6 Å². The van der Waals surface area contributed by atoms with Crippen molar-refractivity contribution in [2.24, 2.45) is 11.8 Å². The summed E-state index contributed by atoms with van der Waals surface area (Å²) in [5.41, 5.74) is 0. The van der Waals surface area contributed by atoms with Crippen molar-refractivity contribution in [3.05, 3.63) is 0 Å². The highest BCUT2D eigenvalue weighted by atomic mass is 16.3. The monoisotopic (exact) mass is 171 g/mol. The zero-order valence-electron chi connectivity index (χ0n) is 8.45. The lowest BCUT2D eigenvalue weighted by Crippen LogP contribution is -2.30. The largest absolute Gasteiger partial charge is 0.379 e. The van der Waals surface area contributed by atoms with Gasteiger partial charge in [-0.25, -0.2) is 0 Å². The normalized spacial score (nSPS) is 28.2. The number of aliphatic hydroxyl groups excluding tert-OH is 1. The Morgan fingerprint density at radius 3 is 2.50 bits per heavy atom. The number of nitrogens with zero attached hydrogens (tertiary/aromatic N) is 1. The van der Waals surface area contributed by atoms with Crippen LogP contribution in [0.15, 0.2) is 0 Å². The Morgan fingerprint density at radius 2 is 2.08 bits per heavy atom. The van der Waals surface area contributed by atoms with E-state index in [2.05, 4.69) is 18.7 Å². The zero-order valence-corrected chi connectivity index (χ0v) is 8.45. The van der Waals surface area contributed by atoms with Crippen molar-refractivity contribution in [1.29, 1.82) is 0 Å². The van der Waals surface area contributed by atoms with Gasteiger partial charge < -0.3 is 5.11 Å². The van der Waals surface area contributed by atoms with Crippen LogP contribution in [0, 0.1) is 11.8 Å². The molecule has 0 aromatic carbocycles. The Bertz CT molecular complexity index is 134. The fraction of sp³-hybridized carbons (Fsp3) is 1.00. The van der Waals surface area contributed by atoms with Crippen molar-refractivity contribution < 1.29 is 5.11 Å². The third kappa shape index (κ3) is 2.76. The van der Waals surface area contributed by atoms with Gasteiger partial charge in [0.05, 0.1) is 0 Å². The summed E-state index contributed by atoms with van der Waals surface area (Å²) < 4.78 is 0. The van der Waals surface area contributed by atoms with Gasteiger partial charge in [0.25, 0.3) is 0 Å². The molecule has 0 amide bonds. The maximum absolute atomic E-state index is 9.33. The summed E-state index contributed by atoms with van der Waals surface area (Å²) in [5, 5.41) is 9.33. The van der Waals surface area contributed by atoms with E-state index in [0.717, 1.165) is 24.9 Å².